The zero-order valence-corrected chi connectivity index (χ0v) is 9.62. The van der Waals surface area contributed by atoms with Crippen molar-refractivity contribution >= 4 is 5.69 Å². The molecule has 18 heavy (non-hydrogen) atoms. The molecule has 2 aromatic rings. The van der Waals surface area contributed by atoms with Crippen LogP contribution in [0, 0.1) is 6.92 Å². The third-order valence-corrected chi connectivity index (χ3v) is 2.57. The first-order valence-electron chi connectivity index (χ1n) is 5.27. The maximum atomic E-state index is 12.4. The topological polar surface area (TPSA) is 38.9 Å². The van der Waals surface area contributed by atoms with Gasteiger partial charge in [0.1, 0.15) is 5.69 Å². The fourth-order valence-corrected chi connectivity index (χ4v) is 1.64. The van der Waals surface area contributed by atoms with E-state index >= 15 is 0 Å². The van der Waals surface area contributed by atoms with E-state index in [1.54, 1.807) is 6.07 Å². The van der Waals surface area contributed by atoms with Crippen LogP contribution in [0.25, 0.3) is 11.1 Å². The Bertz CT molecular complexity index is 559. The van der Waals surface area contributed by atoms with Crippen LogP contribution in [0.1, 0.15) is 11.3 Å². The van der Waals surface area contributed by atoms with E-state index in [4.69, 9.17) is 5.73 Å². The monoisotopic (exact) mass is 252 g/mol. The molecule has 0 atom stereocenters. The van der Waals surface area contributed by atoms with Crippen molar-refractivity contribution in [2.45, 2.75) is 13.1 Å². The summed E-state index contributed by atoms with van der Waals surface area (Å²) >= 11 is 0. The maximum Gasteiger partial charge on any atom is 0.433 e. The minimum Gasteiger partial charge on any atom is -0.398 e. The lowest BCUT2D eigenvalue weighted by Crippen LogP contribution is -2.07. The summed E-state index contributed by atoms with van der Waals surface area (Å²) in [4.78, 5) is 3.42. The van der Waals surface area contributed by atoms with Crippen molar-refractivity contribution in [2.24, 2.45) is 0 Å². The summed E-state index contributed by atoms with van der Waals surface area (Å²) in [7, 11) is 0. The van der Waals surface area contributed by atoms with Gasteiger partial charge < -0.3 is 5.73 Å². The van der Waals surface area contributed by atoms with Crippen molar-refractivity contribution in [3.05, 3.63) is 47.8 Å². The second kappa shape index (κ2) is 4.33. The van der Waals surface area contributed by atoms with Gasteiger partial charge in [0.15, 0.2) is 0 Å². The molecule has 0 aliphatic carbocycles. The summed E-state index contributed by atoms with van der Waals surface area (Å²) in [6.07, 6.45) is -3.23. The van der Waals surface area contributed by atoms with Crippen LogP contribution < -0.4 is 5.73 Å². The number of hydrogen-bond donors (Lipinski definition) is 1. The van der Waals surface area contributed by atoms with E-state index in [2.05, 4.69) is 4.98 Å². The second-order valence-corrected chi connectivity index (χ2v) is 4.02. The van der Waals surface area contributed by atoms with E-state index in [1.807, 2.05) is 19.1 Å². The largest absolute Gasteiger partial charge is 0.433 e. The molecule has 0 amide bonds. The summed E-state index contributed by atoms with van der Waals surface area (Å²) in [6, 6.07) is 7.72. The van der Waals surface area contributed by atoms with Gasteiger partial charge in [-0.1, -0.05) is 17.7 Å². The Balaban J connectivity index is 2.43. The molecule has 0 saturated heterocycles. The molecule has 0 aliphatic heterocycles. The highest BCUT2D eigenvalue weighted by molar-refractivity contribution is 5.76. The molecule has 0 unspecified atom stereocenters. The Kier molecular flexibility index (Phi) is 2.98. The highest BCUT2D eigenvalue weighted by atomic mass is 19.4. The zero-order valence-electron chi connectivity index (χ0n) is 9.62. The lowest BCUT2D eigenvalue weighted by molar-refractivity contribution is -0.141. The molecule has 1 aromatic heterocycles. The predicted octanol–water partition coefficient (Wildman–Crippen LogP) is 3.66. The van der Waals surface area contributed by atoms with E-state index < -0.39 is 11.9 Å². The van der Waals surface area contributed by atoms with E-state index in [0.29, 0.717) is 16.8 Å². The van der Waals surface area contributed by atoms with Crippen LogP contribution >= 0.6 is 0 Å². The van der Waals surface area contributed by atoms with Crippen LogP contribution in [-0.2, 0) is 6.18 Å². The Morgan fingerprint density at radius 1 is 1.11 bits per heavy atom. The van der Waals surface area contributed by atoms with Crippen molar-refractivity contribution in [2.75, 3.05) is 5.73 Å². The first kappa shape index (κ1) is 12.4. The number of anilines is 1. The lowest BCUT2D eigenvalue weighted by atomic mass is 10.0. The molecule has 94 valence electrons. The second-order valence-electron chi connectivity index (χ2n) is 4.02. The van der Waals surface area contributed by atoms with Gasteiger partial charge in [0.25, 0.3) is 0 Å². The van der Waals surface area contributed by atoms with Gasteiger partial charge in [-0.25, -0.2) is 0 Å². The number of aromatic nitrogens is 1. The third kappa shape index (κ3) is 2.45. The van der Waals surface area contributed by atoms with Gasteiger partial charge in [0.05, 0.1) is 0 Å². The van der Waals surface area contributed by atoms with Gasteiger partial charge in [0.2, 0.25) is 0 Å². The number of nitrogens with two attached hydrogens (primary N) is 1. The fourth-order valence-electron chi connectivity index (χ4n) is 1.64. The summed E-state index contributed by atoms with van der Waals surface area (Å²) in [5.41, 5.74) is 7.66. The number of rotatable bonds is 1. The Hall–Kier alpha value is -2.04. The molecule has 5 heteroatoms. The minimum absolute atomic E-state index is 0.516. The number of aryl methyl sites for hydroxylation is 1. The summed E-state index contributed by atoms with van der Waals surface area (Å²) in [6.45, 7) is 1.89. The molecule has 0 bridgehead atoms. The Morgan fingerprint density at radius 3 is 2.39 bits per heavy atom. The third-order valence-electron chi connectivity index (χ3n) is 2.57. The van der Waals surface area contributed by atoms with E-state index in [-0.39, 0.29) is 0 Å². The van der Waals surface area contributed by atoms with Crippen LogP contribution in [0.3, 0.4) is 0 Å². The number of hydrogen-bond acceptors (Lipinski definition) is 2. The Labute approximate surface area is 102 Å². The first-order chi connectivity index (χ1) is 8.38. The van der Waals surface area contributed by atoms with Crippen LogP contribution in [0.4, 0.5) is 18.9 Å². The smallest absolute Gasteiger partial charge is 0.398 e. The molecule has 2 nitrogen and oxygen atoms in total. The molecule has 0 fully saturated rings. The van der Waals surface area contributed by atoms with Crippen LogP contribution in [0.2, 0.25) is 0 Å². The van der Waals surface area contributed by atoms with Crippen LogP contribution in [-0.4, -0.2) is 4.98 Å². The highest BCUT2D eigenvalue weighted by Gasteiger charge is 2.32. The van der Waals surface area contributed by atoms with Crippen LogP contribution in [0.15, 0.2) is 36.5 Å². The average Bonchev–Trinajstić information content (AvgIpc) is 2.31. The van der Waals surface area contributed by atoms with Crippen molar-refractivity contribution in [1.82, 2.24) is 4.98 Å². The molecule has 0 spiro atoms. The summed E-state index contributed by atoms with van der Waals surface area (Å²) < 4.78 is 37.1. The van der Waals surface area contributed by atoms with Crippen molar-refractivity contribution in [3.63, 3.8) is 0 Å². The van der Waals surface area contributed by atoms with Crippen LogP contribution in [0.5, 0.6) is 0 Å². The highest BCUT2D eigenvalue weighted by Crippen LogP contribution is 2.30. The average molecular weight is 252 g/mol. The van der Waals surface area contributed by atoms with Gasteiger partial charge >= 0.3 is 6.18 Å². The van der Waals surface area contributed by atoms with Gasteiger partial charge in [-0.05, 0) is 25.1 Å². The molecule has 1 heterocycles. The number of halogens is 3. The maximum absolute atomic E-state index is 12.4. The zero-order chi connectivity index (χ0) is 13.3. The number of benzene rings is 1. The normalized spacial score (nSPS) is 11.6. The van der Waals surface area contributed by atoms with Crippen molar-refractivity contribution in [1.29, 1.82) is 0 Å². The van der Waals surface area contributed by atoms with E-state index in [0.717, 1.165) is 11.6 Å². The fraction of sp³-hybridized carbons (Fsp3) is 0.154. The quantitative estimate of drug-likeness (QED) is 0.786. The molecule has 2 rings (SSSR count). The van der Waals surface area contributed by atoms with Crippen molar-refractivity contribution < 1.29 is 13.2 Å². The molecular weight excluding hydrogens is 241 g/mol. The van der Waals surface area contributed by atoms with Gasteiger partial charge in [0, 0.05) is 23.0 Å². The first-order valence-corrected chi connectivity index (χ1v) is 5.27. The predicted molar refractivity (Wildman–Crippen MR) is 63.8 cm³/mol. The minimum atomic E-state index is -4.42. The number of alkyl halides is 3. The van der Waals surface area contributed by atoms with Gasteiger partial charge in [-0.3, -0.25) is 4.98 Å². The molecule has 0 aliphatic rings. The molecule has 0 radical (unpaired) electrons. The SMILES string of the molecule is Cc1ccc(N)c(-c2ccc(C(F)(F)F)nc2)c1. The lowest BCUT2D eigenvalue weighted by Gasteiger charge is -2.09. The number of nitrogen functional groups attached to an aromatic ring is 1. The van der Waals surface area contributed by atoms with Crippen molar-refractivity contribution in [3.8, 4) is 11.1 Å². The van der Waals surface area contributed by atoms with Gasteiger partial charge in [-0.2, -0.15) is 13.2 Å². The van der Waals surface area contributed by atoms with E-state index in [1.165, 1.54) is 12.3 Å². The molecule has 0 saturated carbocycles. The molecule has 2 N–H and O–H groups in total. The molecule has 1 aromatic carbocycles. The number of nitrogens with zero attached hydrogens (tertiary/aromatic N) is 1. The standard InChI is InChI=1S/C13H11F3N2/c1-8-2-4-11(17)10(6-8)9-3-5-12(18-7-9)13(14,15)16/h2-7H,17H2,1H3. The molecular formula is C13H11F3N2. The summed E-state index contributed by atoms with van der Waals surface area (Å²) in [5.74, 6) is 0. The number of pyridine rings is 1. The Morgan fingerprint density at radius 2 is 1.83 bits per heavy atom. The van der Waals surface area contributed by atoms with E-state index in [9.17, 15) is 13.2 Å². The van der Waals surface area contributed by atoms with Gasteiger partial charge in [-0.15, -0.1) is 0 Å². The summed E-state index contributed by atoms with van der Waals surface area (Å²) in [5, 5.41) is 0.